The molecule has 0 radical (unpaired) electrons. The average Bonchev–Trinajstić information content (AvgIpc) is 3.06. The van der Waals surface area contributed by atoms with Crippen molar-refractivity contribution in [2.45, 2.75) is 12.8 Å². The molecule has 0 N–H and O–H groups in total. The number of nitrogens with zero attached hydrogens (tertiary/aromatic N) is 1. The van der Waals surface area contributed by atoms with Crippen LogP contribution in [0.4, 0.5) is 0 Å². The monoisotopic (exact) mass is 331 g/mol. The molecule has 4 rings (SSSR count). The van der Waals surface area contributed by atoms with Crippen LogP contribution in [-0.4, -0.2) is 5.71 Å². The maximum atomic E-state index is 14.0. The Morgan fingerprint density at radius 2 is 1.21 bits per heavy atom. The van der Waals surface area contributed by atoms with E-state index < -0.39 is 7.29 Å². The van der Waals surface area contributed by atoms with Crippen molar-refractivity contribution in [3.05, 3.63) is 96.1 Å². The second-order valence-electron chi connectivity index (χ2n) is 5.95. The highest BCUT2D eigenvalue weighted by molar-refractivity contribution is 7.77. The highest BCUT2D eigenvalue weighted by Gasteiger charge is 2.29. The molecule has 0 amide bonds. The van der Waals surface area contributed by atoms with Crippen molar-refractivity contribution in [1.29, 1.82) is 0 Å². The van der Waals surface area contributed by atoms with Gasteiger partial charge in [-0.25, -0.2) is 4.76 Å². The summed E-state index contributed by atoms with van der Waals surface area (Å²) in [4.78, 5) is 0. The van der Waals surface area contributed by atoms with E-state index in [1.165, 1.54) is 5.56 Å². The van der Waals surface area contributed by atoms with E-state index in [2.05, 4.69) is 18.2 Å². The topological polar surface area (TPSA) is 29.4 Å². The van der Waals surface area contributed by atoms with Crippen LogP contribution in [0.1, 0.15) is 17.5 Å². The van der Waals surface area contributed by atoms with Crippen molar-refractivity contribution in [3.8, 4) is 0 Å². The number of rotatable bonds is 3. The molecule has 0 aliphatic heterocycles. The van der Waals surface area contributed by atoms with Gasteiger partial charge in [0, 0.05) is 10.6 Å². The van der Waals surface area contributed by atoms with E-state index in [0.717, 1.165) is 34.7 Å². The number of hydrogen-bond donors (Lipinski definition) is 0. The fourth-order valence-corrected chi connectivity index (χ4v) is 5.44. The molecule has 0 bridgehead atoms. The predicted molar refractivity (Wildman–Crippen MR) is 101 cm³/mol. The number of fused-ring (bicyclic) bond motifs is 1. The Morgan fingerprint density at radius 1 is 0.667 bits per heavy atom. The average molecular weight is 331 g/mol. The maximum absolute atomic E-state index is 14.0. The Kier molecular flexibility index (Phi) is 3.92. The van der Waals surface area contributed by atoms with Crippen molar-refractivity contribution in [2.24, 2.45) is 4.76 Å². The van der Waals surface area contributed by atoms with Gasteiger partial charge in [0.1, 0.15) is 0 Å². The zero-order chi connectivity index (χ0) is 16.4. The molecule has 118 valence electrons. The van der Waals surface area contributed by atoms with Crippen LogP contribution < -0.4 is 10.6 Å². The predicted octanol–water partition coefficient (Wildman–Crippen LogP) is 4.35. The van der Waals surface area contributed by atoms with Crippen molar-refractivity contribution in [3.63, 3.8) is 0 Å². The third-order valence-electron chi connectivity index (χ3n) is 4.43. The number of aryl methyl sites for hydroxylation is 1. The molecular formula is C21H18NOP. The Labute approximate surface area is 142 Å². The lowest BCUT2D eigenvalue weighted by atomic mass is 10.1. The molecule has 0 saturated heterocycles. The van der Waals surface area contributed by atoms with Gasteiger partial charge in [-0.05, 0) is 48.2 Å². The van der Waals surface area contributed by atoms with Gasteiger partial charge in [-0.1, -0.05) is 60.7 Å². The van der Waals surface area contributed by atoms with Crippen LogP contribution in [0.3, 0.4) is 0 Å². The lowest BCUT2D eigenvalue weighted by Crippen LogP contribution is -2.15. The first-order chi connectivity index (χ1) is 11.8. The highest BCUT2D eigenvalue weighted by atomic mass is 31.2. The Balaban J connectivity index is 1.90. The van der Waals surface area contributed by atoms with E-state index in [1.807, 2.05) is 66.7 Å². The molecule has 0 saturated carbocycles. The fraction of sp³-hybridized carbons (Fsp3) is 0.0952. The molecule has 1 aliphatic carbocycles. The standard InChI is InChI=1S/C21H18NOP/c23-24(18-10-3-1-4-11-18,19-12-5-2-6-13-19)22-21-16-15-17-9-7-8-14-20(17)21/h1-14H,15-16H2. The number of hydrogen-bond acceptors (Lipinski definition) is 1. The van der Waals surface area contributed by atoms with Gasteiger partial charge >= 0.3 is 0 Å². The van der Waals surface area contributed by atoms with E-state index in [9.17, 15) is 4.57 Å². The first-order valence-electron chi connectivity index (χ1n) is 8.16. The third-order valence-corrected chi connectivity index (χ3v) is 6.95. The molecule has 24 heavy (non-hydrogen) atoms. The van der Waals surface area contributed by atoms with Crippen LogP contribution in [0.5, 0.6) is 0 Å². The van der Waals surface area contributed by atoms with Gasteiger partial charge < -0.3 is 0 Å². The van der Waals surface area contributed by atoms with Crippen molar-refractivity contribution < 1.29 is 4.57 Å². The minimum atomic E-state index is -3.04. The Bertz CT molecular complexity index is 889. The third kappa shape index (κ3) is 2.64. The van der Waals surface area contributed by atoms with Gasteiger partial charge in [-0.3, -0.25) is 4.57 Å². The normalized spacial score (nSPS) is 15.4. The molecule has 0 atom stereocenters. The summed E-state index contributed by atoms with van der Waals surface area (Å²) in [7, 11) is -3.04. The summed E-state index contributed by atoms with van der Waals surface area (Å²) in [5.74, 6) is 0. The largest absolute Gasteiger partial charge is 0.288 e. The summed E-state index contributed by atoms with van der Waals surface area (Å²) in [5.41, 5.74) is 3.40. The molecule has 3 aromatic carbocycles. The van der Waals surface area contributed by atoms with Crippen LogP contribution in [0.15, 0.2) is 89.7 Å². The van der Waals surface area contributed by atoms with E-state index in [4.69, 9.17) is 4.76 Å². The summed E-state index contributed by atoms with van der Waals surface area (Å²) in [6.45, 7) is 0. The van der Waals surface area contributed by atoms with Crippen molar-refractivity contribution in [2.75, 3.05) is 0 Å². The van der Waals surface area contributed by atoms with Crippen molar-refractivity contribution >= 4 is 23.6 Å². The SMILES string of the molecule is O=P(N=C1CCc2ccccc21)(c1ccccc1)c1ccccc1. The second-order valence-corrected chi connectivity index (χ2v) is 8.34. The highest BCUT2D eigenvalue weighted by Crippen LogP contribution is 2.46. The summed E-state index contributed by atoms with van der Waals surface area (Å²) >= 11 is 0. The van der Waals surface area contributed by atoms with E-state index in [-0.39, 0.29) is 0 Å². The van der Waals surface area contributed by atoms with E-state index >= 15 is 0 Å². The van der Waals surface area contributed by atoms with Crippen LogP contribution >= 0.6 is 7.29 Å². The molecule has 3 heteroatoms. The second kappa shape index (κ2) is 6.22. The molecular weight excluding hydrogens is 313 g/mol. The summed E-state index contributed by atoms with van der Waals surface area (Å²) < 4.78 is 18.9. The summed E-state index contributed by atoms with van der Waals surface area (Å²) in [6.07, 6.45) is 1.82. The van der Waals surface area contributed by atoms with Crippen LogP contribution in [0.2, 0.25) is 0 Å². The van der Waals surface area contributed by atoms with Gasteiger partial charge in [0.05, 0.1) is 5.71 Å². The van der Waals surface area contributed by atoms with Gasteiger partial charge in [0.15, 0.2) is 0 Å². The maximum Gasteiger partial charge on any atom is 0.247 e. The Morgan fingerprint density at radius 3 is 1.83 bits per heavy atom. The smallest absolute Gasteiger partial charge is 0.247 e. The lowest BCUT2D eigenvalue weighted by Gasteiger charge is -2.16. The van der Waals surface area contributed by atoms with E-state index in [0.29, 0.717) is 0 Å². The van der Waals surface area contributed by atoms with Crippen LogP contribution in [-0.2, 0) is 11.0 Å². The molecule has 3 aromatic rings. The molecule has 0 spiro atoms. The first-order valence-corrected chi connectivity index (χ1v) is 9.82. The Hall–Kier alpha value is -2.44. The molecule has 2 nitrogen and oxygen atoms in total. The van der Waals surface area contributed by atoms with Gasteiger partial charge in [0.2, 0.25) is 7.29 Å². The molecule has 0 unspecified atom stereocenters. The minimum absolute atomic E-state index is 0.785. The van der Waals surface area contributed by atoms with Crippen LogP contribution in [0, 0.1) is 0 Å². The quantitative estimate of drug-likeness (QED) is 0.656. The molecule has 0 fully saturated rings. The summed E-state index contributed by atoms with van der Waals surface area (Å²) in [5, 5.41) is 1.57. The molecule has 0 aromatic heterocycles. The van der Waals surface area contributed by atoms with Crippen LogP contribution in [0.25, 0.3) is 0 Å². The molecule has 0 heterocycles. The zero-order valence-corrected chi connectivity index (χ0v) is 14.2. The summed E-state index contributed by atoms with van der Waals surface area (Å²) in [6, 6.07) is 27.5. The zero-order valence-electron chi connectivity index (χ0n) is 13.3. The lowest BCUT2D eigenvalue weighted by molar-refractivity contribution is 0.588. The van der Waals surface area contributed by atoms with Crippen molar-refractivity contribution in [1.82, 2.24) is 0 Å². The number of benzene rings is 3. The van der Waals surface area contributed by atoms with Gasteiger partial charge in [0.25, 0.3) is 0 Å². The fourth-order valence-electron chi connectivity index (χ4n) is 3.21. The van der Waals surface area contributed by atoms with Gasteiger partial charge in [-0.15, -0.1) is 0 Å². The first kappa shape index (κ1) is 15.1. The van der Waals surface area contributed by atoms with Gasteiger partial charge in [-0.2, -0.15) is 0 Å². The van der Waals surface area contributed by atoms with E-state index in [1.54, 1.807) is 0 Å². The minimum Gasteiger partial charge on any atom is -0.288 e. The molecule has 1 aliphatic rings.